The van der Waals surface area contributed by atoms with Gasteiger partial charge in [0.25, 0.3) is 5.91 Å². The van der Waals surface area contributed by atoms with Crippen LogP contribution < -0.4 is 5.73 Å². The fourth-order valence-corrected chi connectivity index (χ4v) is 1.46. The number of benzene rings is 1. The summed E-state index contributed by atoms with van der Waals surface area (Å²) in [6.45, 7) is 3.46. The minimum absolute atomic E-state index is 0.0126. The summed E-state index contributed by atoms with van der Waals surface area (Å²) in [5.41, 5.74) is 5.43. The van der Waals surface area contributed by atoms with Crippen LogP contribution in [0.2, 0.25) is 0 Å². The third-order valence-corrected chi connectivity index (χ3v) is 2.30. The standard InChI is InChI=1S/C12H16N2O3/c1-8(2)14(7-11(13)16)12(17)9-4-3-5-10(15)6-9/h3-6,8,15H,7H2,1-2H3,(H2,13,16). The molecule has 1 aromatic carbocycles. The van der Waals surface area contributed by atoms with Crippen LogP contribution in [-0.4, -0.2) is 34.4 Å². The Morgan fingerprint density at radius 2 is 2.06 bits per heavy atom. The van der Waals surface area contributed by atoms with E-state index in [9.17, 15) is 14.7 Å². The number of amides is 2. The molecule has 0 atom stereocenters. The van der Waals surface area contributed by atoms with Gasteiger partial charge in [-0.05, 0) is 32.0 Å². The predicted molar refractivity (Wildman–Crippen MR) is 63.5 cm³/mol. The topological polar surface area (TPSA) is 83.6 Å². The van der Waals surface area contributed by atoms with Gasteiger partial charge in [-0.1, -0.05) is 6.07 Å². The average Bonchev–Trinajstić information content (AvgIpc) is 2.24. The van der Waals surface area contributed by atoms with E-state index in [4.69, 9.17) is 5.73 Å². The maximum Gasteiger partial charge on any atom is 0.254 e. The van der Waals surface area contributed by atoms with Crippen LogP contribution in [0.4, 0.5) is 0 Å². The van der Waals surface area contributed by atoms with Gasteiger partial charge in [-0.2, -0.15) is 0 Å². The van der Waals surface area contributed by atoms with E-state index in [1.165, 1.54) is 17.0 Å². The van der Waals surface area contributed by atoms with Gasteiger partial charge in [0.15, 0.2) is 0 Å². The average molecular weight is 236 g/mol. The second-order valence-electron chi connectivity index (χ2n) is 4.04. The number of phenolic OH excluding ortho intramolecular Hbond substituents is 1. The van der Waals surface area contributed by atoms with E-state index < -0.39 is 5.91 Å². The van der Waals surface area contributed by atoms with Crippen molar-refractivity contribution in [3.05, 3.63) is 29.8 Å². The molecular formula is C12H16N2O3. The van der Waals surface area contributed by atoms with E-state index in [2.05, 4.69) is 0 Å². The van der Waals surface area contributed by atoms with Gasteiger partial charge in [0, 0.05) is 11.6 Å². The highest BCUT2D eigenvalue weighted by Crippen LogP contribution is 2.14. The normalized spacial score (nSPS) is 10.3. The fourth-order valence-electron chi connectivity index (χ4n) is 1.46. The van der Waals surface area contributed by atoms with Crippen molar-refractivity contribution in [3.8, 4) is 5.75 Å². The Bertz CT molecular complexity index is 430. The van der Waals surface area contributed by atoms with E-state index in [-0.39, 0.29) is 24.2 Å². The van der Waals surface area contributed by atoms with E-state index in [1.54, 1.807) is 26.0 Å². The molecule has 3 N–H and O–H groups in total. The number of rotatable bonds is 4. The molecule has 0 aromatic heterocycles. The molecule has 0 aliphatic carbocycles. The van der Waals surface area contributed by atoms with Crippen molar-refractivity contribution >= 4 is 11.8 Å². The Morgan fingerprint density at radius 1 is 1.41 bits per heavy atom. The lowest BCUT2D eigenvalue weighted by atomic mass is 10.1. The fraction of sp³-hybridized carbons (Fsp3) is 0.333. The smallest absolute Gasteiger partial charge is 0.254 e. The van der Waals surface area contributed by atoms with Crippen LogP contribution >= 0.6 is 0 Å². The van der Waals surface area contributed by atoms with Crippen LogP contribution in [0.5, 0.6) is 5.75 Å². The summed E-state index contributed by atoms with van der Waals surface area (Å²) >= 11 is 0. The molecule has 0 aliphatic rings. The molecule has 5 heteroatoms. The molecule has 0 aliphatic heterocycles. The largest absolute Gasteiger partial charge is 0.508 e. The van der Waals surface area contributed by atoms with E-state index in [0.717, 1.165) is 0 Å². The van der Waals surface area contributed by atoms with Gasteiger partial charge >= 0.3 is 0 Å². The molecule has 0 unspecified atom stereocenters. The van der Waals surface area contributed by atoms with Crippen molar-refractivity contribution in [2.24, 2.45) is 5.73 Å². The van der Waals surface area contributed by atoms with Crippen LogP contribution in [0.15, 0.2) is 24.3 Å². The van der Waals surface area contributed by atoms with Crippen molar-refractivity contribution in [2.45, 2.75) is 19.9 Å². The Hall–Kier alpha value is -2.04. The van der Waals surface area contributed by atoms with Gasteiger partial charge < -0.3 is 15.7 Å². The molecule has 2 amide bonds. The monoisotopic (exact) mass is 236 g/mol. The first-order valence-electron chi connectivity index (χ1n) is 5.30. The molecule has 0 spiro atoms. The highest BCUT2D eigenvalue weighted by atomic mass is 16.3. The highest BCUT2D eigenvalue weighted by Gasteiger charge is 2.20. The minimum Gasteiger partial charge on any atom is -0.508 e. The van der Waals surface area contributed by atoms with E-state index in [1.807, 2.05) is 0 Å². The summed E-state index contributed by atoms with van der Waals surface area (Å²) < 4.78 is 0. The van der Waals surface area contributed by atoms with Crippen LogP contribution in [0.25, 0.3) is 0 Å². The highest BCUT2D eigenvalue weighted by molar-refractivity contribution is 5.96. The number of primary amides is 1. The zero-order valence-electron chi connectivity index (χ0n) is 9.88. The molecule has 92 valence electrons. The van der Waals surface area contributed by atoms with Crippen LogP contribution in [-0.2, 0) is 4.79 Å². The first-order chi connectivity index (χ1) is 7.91. The minimum atomic E-state index is -0.563. The number of phenols is 1. The van der Waals surface area contributed by atoms with Crippen molar-refractivity contribution in [1.29, 1.82) is 0 Å². The number of carbonyl (C=O) groups excluding carboxylic acids is 2. The molecule has 0 bridgehead atoms. The molecule has 0 saturated heterocycles. The predicted octanol–water partition coefficient (Wildman–Crippen LogP) is 0.728. The van der Waals surface area contributed by atoms with Crippen molar-refractivity contribution in [1.82, 2.24) is 4.90 Å². The summed E-state index contributed by atoms with van der Waals surface area (Å²) in [6.07, 6.45) is 0. The third-order valence-electron chi connectivity index (χ3n) is 2.30. The SMILES string of the molecule is CC(C)N(CC(N)=O)C(=O)c1cccc(O)c1. The van der Waals surface area contributed by atoms with Crippen molar-refractivity contribution in [2.75, 3.05) is 6.54 Å². The van der Waals surface area contributed by atoms with E-state index in [0.29, 0.717) is 5.56 Å². The molecule has 0 fully saturated rings. The molecule has 17 heavy (non-hydrogen) atoms. The number of nitrogens with zero attached hydrogens (tertiary/aromatic N) is 1. The summed E-state index contributed by atoms with van der Waals surface area (Å²) in [5, 5.41) is 9.30. The van der Waals surface area contributed by atoms with Crippen molar-refractivity contribution in [3.63, 3.8) is 0 Å². The summed E-state index contributed by atoms with van der Waals surface area (Å²) in [7, 11) is 0. The molecule has 1 rings (SSSR count). The number of carbonyl (C=O) groups is 2. The third kappa shape index (κ3) is 3.48. The van der Waals surface area contributed by atoms with Crippen LogP contribution in [0, 0.1) is 0 Å². The lowest BCUT2D eigenvalue weighted by molar-refractivity contribution is -0.119. The second-order valence-corrected chi connectivity index (χ2v) is 4.04. The Labute approximate surface area is 99.8 Å². The van der Waals surface area contributed by atoms with E-state index >= 15 is 0 Å². The molecule has 0 heterocycles. The zero-order valence-corrected chi connectivity index (χ0v) is 9.88. The van der Waals surface area contributed by atoms with Crippen LogP contribution in [0.3, 0.4) is 0 Å². The molecular weight excluding hydrogens is 220 g/mol. The molecule has 5 nitrogen and oxygen atoms in total. The molecule has 0 radical (unpaired) electrons. The van der Waals surface area contributed by atoms with Gasteiger partial charge in [-0.25, -0.2) is 0 Å². The van der Waals surface area contributed by atoms with Crippen LogP contribution in [0.1, 0.15) is 24.2 Å². The summed E-state index contributed by atoms with van der Waals surface area (Å²) in [5.74, 6) is -0.875. The number of aromatic hydroxyl groups is 1. The maximum atomic E-state index is 12.1. The molecule has 1 aromatic rings. The first kappa shape index (κ1) is 13.0. The van der Waals surface area contributed by atoms with Crippen molar-refractivity contribution < 1.29 is 14.7 Å². The lowest BCUT2D eigenvalue weighted by Gasteiger charge is -2.25. The summed E-state index contributed by atoms with van der Waals surface area (Å²) in [6, 6.07) is 5.85. The van der Waals surface area contributed by atoms with Gasteiger partial charge in [-0.15, -0.1) is 0 Å². The zero-order chi connectivity index (χ0) is 13.0. The Morgan fingerprint density at radius 3 is 2.53 bits per heavy atom. The van der Waals surface area contributed by atoms with Gasteiger partial charge in [0.1, 0.15) is 5.75 Å². The quantitative estimate of drug-likeness (QED) is 0.808. The Balaban J connectivity index is 2.95. The lowest BCUT2D eigenvalue weighted by Crippen LogP contribution is -2.42. The molecule has 0 saturated carbocycles. The number of hydrogen-bond donors (Lipinski definition) is 2. The number of hydrogen-bond acceptors (Lipinski definition) is 3. The first-order valence-corrected chi connectivity index (χ1v) is 5.30. The van der Waals surface area contributed by atoms with Gasteiger partial charge in [0.2, 0.25) is 5.91 Å². The van der Waals surface area contributed by atoms with Gasteiger partial charge in [-0.3, -0.25) is 9.59 Å². The summed E-state index contributed by atoms with van der Waals surface area (Å²) in [4.78, 5) is 24.3. The second kappa shape index (κ2) is 5.34. The Kier molecular flexibility index (Phi) is 4.09. The maximum absolute atomic E-state index is 12.1. The van der Waals surface area contributed by atoms with Gasteiger partial charge in [0.05, 0.1) is 6.54 Å². The number of nitrogens with two attached hydrogens (primary N) is 1.